The number of carbonyl (C=O) groups is 1. The second-order valence-electron chi connectivity index (χ2n) is 4.85. The molecular weight excluding hydrogens is 236 g/mol. The van der Waals surface area contributed by atoms with Crippen LogP contribution >= 0.6 is 0 Å². The third-order valence-corrected chi connectivity index (χ3v) is 3.59. The molecule has 1 aliphatic rings. The summed E-state index contributed by atoms with van der Waals surface area (Å²) in [4.78, 5) is 14.3. The van der Waals surface area contributed by atoms with Crippen molar-refractivity contribution in [2.45, 2.75) is 25.8 Å². The molecule has 1 aromatic rings. The summed E-state index contributed by atoms with van der Waals surface area (Å²) in [5.74, 6) is 0.123. The van der Waals surface area contributed by atoms with E-state index in [1.165, 1.54) is 0 Å². The third-order valence-electron chi connectivity index (χ3n) is 3.59. The average Bonchev–Trinajstić information content (AvgIpc) is 2.48. The molecule has 0 saturated carbocycles. The van der Waals surface area contributed by atoms with Crippen LogP contribution in [-0.2, 0) is 4.79 Å². The van der Waals surface area contributed by atoms with Gasteiger partial charge in [0.1, 0.15) is 0 Å². The first kappa shape index (κ1) is 13.8. The summed E-state index contributed by atoms with van der Waals surface area (Å²) < 4.78 is 0. The van der Waals surface area contributed by atoms with Crippen molar-refractivity contribution in [3.8, 4) is 0 Å². The summed E-state index contributed by atoms with van der Waals surface area (Å²) in [6.45, 7) is 4.85. The first-order chi connectivity index (χ1) is 9.31. The fourth-order valence-electron chi connectivity index (χ4n) is 2.54. The number of nitrogens with zero attached hydrogens (tertiary/aromatic N) is 1. The quantitative estimate of drug-likeness (QED) is 0.841. The average molecular weight is 258 g/mol. The topological polar surface area (TPSA) is 32.3 Å². The minimum Gasteiger partial charge on any atom is -0.336 e. The monoisotopic (exact) mass is 258 g/mol. The normalized spacial score (nSPS) is 16.7. The zero-order valence-electron chi connectivity index (χ0n) is 11.5. The zero-order chi connectivity index (χ0) is 13.5. The molecule has 0 aliphatic carbocycles. The van der Waals surface area contributed by atoms with Gasteiger partial charge in [-0.1, -0.05) is 30.3 Å². The van der Waals surface area contributed by atoms with E-state index in [2.05, 4.69) is 12.2 Å². The Labute approximate surface area is 115 Å². The Hall–Kier alpha value is -1.61. The van der Waals surface area contributed by atoms with Gasteiger partial charge in [0.05, 0.1) is 0 Å². The van der Waals surface area contributed by atoms with Crippen LogP contribution in [0.3, 0.4) is 0 Å². The second-order valence-corrected chi connectivity index (χ2v) is 4.85. The molecular formula is C16H22N2O. The number of carbonyl (C=O) groups excluding carboxylic acids is 1. The Balaban J connectivity index is 1.98. The Morgan fingerprint density at radius 3 is 2.63 bits per heavy atom. The molecule has 2 rings (SSSR count). The van der Waals surface area contributed by atoms with Gasteiger partial charge < -0.3 is 10.2 Å². The van der Waals surface area contributed by atoms with Crippen LogP contribution < -0.4 is 5.32 Å². The molecule has 1 fully saturated rings. The van der Waals surface area contributed by atoms with E-state index in [1.807, 2.05) is 41.3 Å². The summed E-state index contributed by atoms with van der Waals surface area (Å²) >= 11 is 0. The van der Waals surface area contributed by atoms with Gasteiger partial charge in [0.2, 0.25) is 5.91 Å². The highest BCUT2D eigenvalue weighted by Gasteiger charge is 2.22. The SMILES string of the molecule is CCN(C(=O)C=Cc1ccccc1)C1CCNCC1. The standard InChI is InChI=1S/C16H22N2O/c1-2-18(15-10-12-17-13-11-15)16(19)9-8-14-6-4-3-5-7-14/h3-9,15,17H,2,10-13H2,1H3. The van der Waals surface area contributed by atoms with E-state index in [0.717, 1.165) is 38.0 Å². The highest BCUT2D eigenvalue weighted by atomic mass is 16.2. The van der Waals surface area contributed by atoms with Crippen LogP contribution in [0.1, 0.15) is 25.3 Å². The molecule has 19 heavy (non-hydrogen) atoms. The van der Waals surface area contributed by atoms with Crippen molar-refractivity contribution in [1.82, 2.24) is 10.2 Å². The smallest absolute Gasteiger partial charge is 0.246 e. The van der Waals surface area contributed by atoms with Gasteiger partial charge in [-0.3, -0.25) is 4.79 Å². The fourth-order valence-corrected chi connectivity index (χ4v) is 2.54. The molecule has 1 aliphatic heterocycles. The summed E-state index contributed by atoms with van der Waals surface area (Å²) in [6.07, 6.45) is 5.70. The zero-order valence-corrected chi connectivity index (χ0v) is 11.5. The molecule has 1 saturated heterocycles. The largest absolute Gasteiger partial charge is 0.336 e. The van der Waals surface area contributed by atoms with Crippen LogP contribution in [0.15, 0.2) is 36.4 Å². The Morgan fingerprint density at radius 1 is 1.32 bits per heavy atom. The molecule has 1 heterocycles. The van der Waals surface area contributed by atoms with Crippen LogP contribution in [0.5, 0.6) is 0 Å². The number of rotatable bonds is 4. The van der Waals surface area contributed by atoms with E-state index < -0.39 is 0 Å². The molecule has 0 atom stereocenters. The lowest BCUT2D eigenvalue weighted by atomic mass is 10.0. The fraction of sp³-hybridized carbons (Fsp3) is 0.438. The molecule has 102 valence electrons. The molecule has 1 N–H and O–H groups in total. The third kappa shape index (κ3) is 3.93. The van der Waals surface area contributed by atoms with Gasteiger partial charge in [0.25, 0.3) is 0 Å². The summed E-state index contributed by atoms with van der Waals surface area (Å²) in [5.41, 5.74) is 1.07. The van der Waals surface area contributed by atoms with E-state index in [0.29, 0.717) is 6.04 Å². The van der Waals surface area contributed by atoms with Crippen molar-refractivity contribution < 1.29 is 4.79 Å². The molecule has 0 unspecified atom stereocenters. The first-order valence-electron chi connectivity index (χ1n) is 7.05. The Morgan fingerprint density at radius 2 is 2.00 bits per heavy atom. The summed E-state index contributed by atoms with van der Waals surface area (Å²) in [6, 6.07) is 10.3. The van der Waals surface area contributed by atoms with Crippen molar-refractivity contribution in [3.63, 3.8) is 0 Å². The van der Waals surface area contributed by atoms with E-state index >= 15 is 0 Å². The van der Waals surface area contributed by atoms with Crippen LogP contribution in [0, 0.1) is 0 Å². The molecule has 0 radical (unpaired) electrons. The van der Waals surface area contributed by atoms with Gasteiger partial charge in [0, 0.05) is 18.7 Å². The van der Waals surface area contributed by atoms with Gasteiger partial charge in [-0.25, -0.2) is 0 Å². The molecule has 3 nitrogen and oxygen atoms in total. The lowest BCUT2D eigenvalue weighted by Gasteiger charge is -2.33. The van der Waals surface area contributed by atoms with Gasteiger partial charge in [0.15, 0.2) is 0 Å². The van der Waals surface area contributed by atoms with E-state index in [9.17, 15) is 4.79 Å². The van der Waals surface area contributed by atoms with Crippen molar-refractivity contribution in [2.24, 2.45) is 0 Å². The molecule has 0 bridgehead atoms. The second kappa shape index (κ2) is 7.10. The number of piperidine rings is 1. The summed E-state index contributed by atoms with van der Waals surface area (Å²) in [5, 5.41) is 3.33. The van der Waals surface area contributed by atoms with Crippen molar-refractivity contribution in [3.05, 3.63) is 42.0 Å². The predicted molar refractivity (Wildman–Crippen MR) is 78.8 cm³/mol. The predicted octanol–water partition coefficient (Wildman–Crippen LogP) is 2.30. The van der Waals surface area contributed by atoms with Crippen LogP contribution in [-0.4, -0.2) is 36.5 Å². The van der Waals surface area contributed by atoms with Gasteiger partial charge in [-0.05, 0) is 44.5 Å². The van der Waals surface area contributed by atoms with Crippen molar-refractivity contribution in [1.29, 1.82) is 0 Å². The minimum absolute atomic E-state index is 0.123. The highest BCUT2D eigenvalue weighted by Crippen LogP contribution is 2.12. The number of amides is 1. The van der Waals surface area contributed by atoms with E-state index in [4.69, 9.17) is 0 Å². The maximum atomic E-state index is 12.3. The number of likely N-dealkylation sites (N-methyl/N-ethyl adjacent to an activating group) is 1. The van der Waals surface area contributed by atoms with Crippen LogP contribution in [0.4, 0.5) is 0 Å². The van der Waals surface area contributed by atoms with Gasteiger partial charge >= 0.3 is 0 Å². The Bertz CT molecular complexity index is 422. The number of benzene rings is 1. The number of hydrogen-bond acceptors (Lipinski definition) is 2. The lowest BCUT2D eigenvalue weighted by Crippen LogP contribution is -2.45. The van der Waals surface area contributed by atoms with E-state index in [1.54, 1.807) is 6.08 Å². The number of hydrogen-bond donors (Lipinski definition) is 1. The molecule has 1 aromatic carbocycles. The highest BCUT2D eigenvalue weighted by molar-refractivity contribution is 5.92. The Kier molecular flexibility index (Phi) is 5.16. The molecule has 0 aromatic heterocycles. The van der Waals surface area contributed by atoms with Gasteiger partial charge in [-0.15, -0.1) is 0 Å². The maximum Gasteiger partial charge on any atom is 0.246 e. The van der Waals surface area contributed by atoms with E-state index in [-0.39, 0.29) is 5.91 Å². The summed E-state index contributed by atoms with van der Waals surface area (Å²) in [7, 11) is 0. The van der Waals surface area contributed by atoms with Crippen molar-refractivity contribution in [2.75, 3.05) is 19.6 Å². The lowest BCUT2D eigenvalue weighted by molar-refractivity contribution is -0.128. The van der Waals surface area contributed by atoms with Crippen LogP contribution in [0.2, 0.25) is 0 Å². The van der Waals surface area contributed by atoms with Crippen molar-refractivity contribution >= 4 is 12.0 Å². The first-order valence-corrected chi connectivity index (χ1v) is 7.05. The van der Waals surface area contributed by atoms with Crippen LogP contribution in [0.25, 0.3) is 6.08 Å². The maximum absolute atomic E-state index is 12.3. The number of nitrogens with one attached hydrogen (secondary N) is 1. The van der Waals surface area contributed by atoms with Gasteiger partial charge in [-0.2, -0.15) is 0 Å². The molecule has 1 amide bonds. The molecule has 0 spiro atoms. The minimum atomic E-state index is 0.123. The molecule has 3 heteroatoms.